The number of imidazole rings is 1. The van der Waals surface area contributed by atoms with Crippen LogP contribution in [-0.4, -0.2) is 24.1 Å². The number of alkyl halides is 2. The SMILES string of the molecule is O=S(=O)(c1ccc(NCc2ncc[nH]2)cc1)C(F)F. The number of sulfone groups is 1. The molecule has 102 valence electrons. The van der Waals surface area contributed by atoms with Crippen molar-refractivity contribution in [2.45, 2.75) is 17.2 Å². The van der Waals surface area contributed by atoms with Crippen LogP contribution in [0.15, 0.2) is 41.6 Å². The summed E-state index contributed by atoms with van der Waals surface area (Å²) < 4.78 is 47.0. The Labute approximate surface area is 108 Å². The fraction of sp³-hybridized carbons (Fsp3) is 0.182. The molecule has 1 aromatic carbocycles. The highest BCUT2D eigenvalue weighted by Crippen LogP contribution is 2.20. The Morgan fingerprint density at radius 3 is 2.47 bits per heavy atom. The minimum Gasteiger partial charge on any atom is -0.378 e. The molecule has 0 fully saturated rings. The summed E-state index contributed by atoms with van der Waals surface area (Å²) in [6.07, 6.45) is 3.28. The number of aromatic nitrogens is 2. The Balaban J connectivity index is 2.07. The van der Waals surface area contributed by atoms with Gasteiger partial charge < -0.3 is 10.3 Å². The van der Waals surface area contributed by atoms with Crippen molar-refractivity contribution in [3.05, 3.63) is 42.5 Å². The molecule has 8 heteroatoms. The molecule has 0 unspecified atom stereocenters. The number of H-pyrrole nitrogens is 1. The van der Waals surface area contributed by atoms with Crippen LogP contribution >= 0.6 is 0 Å². The van der Waals surface area contributed by atoms with E-state index in [1.165, 1.54) is 12.1 Å². The van der Waals surface area contributed by atoms with Crippen molar-refractivity contribution in [3.8, 4) is 0 Å². The van der Waals surface area contributed by atoms with Gasteiger partial charge in [0.2, 0.25) is 9.84 Å². The second-order valence-corrected chi connectivity index (χ2v) is 5.64. The zero-order valence-electron chi connectivity index (χ0n) is 9.68. The molecule has 2 rings (SSSR count). The van der Waals surface area contributed by atoms with Gasteiger partial charge in [0.25, 0.3) is 0 Å². The van der Waals surface area contributed by atoms with Crippen LogP contribution < -0.4 is 5.32 Å². The summed E-state index contributed by atoms with van der Waals surface area (Å²) in [7, 11) is -4.53. The molecule has 2 aromatic rings. The number of nitrogens with one attached hydrogen (secondary N) is 2. The number of halogens is 2. The van der Waals surface area contributed by atoms with Crippen molar-refractivity contribution in [1.29, 1.82) is 0 Å². The Morgan fingerprint density at radius 1 is 1.26 bits per heavy atom. The Kier molecular flexibility index (Phi) is 3.79. The summed E-state index contributed by atoms with van der Waals surface area (Å²) in [4.78, 5) is 6.49. The zero-order valence-corrected chi connectivity index (χ0v) is 10.5. The summed E-state index contributed by atoms with van der Waals surface area (Å²) >= 11 is 0. The van der Waals surface area contributed by atoms with Crippen molar-refractivity contribution in [1.82, 2.24) is 9.97 Å². The van der Waals surface area contributed by atoms with Crippen LogP contribution in [0.3, 0.4) is 0 Å². The number of anilines is 1. The molecule has 2 N–H and O–H groups in total. The smallest absolute Gasteiger partial charge is 0.341 e. The van der Waals surface area contributed by atoms with E-state index >= 15 is 0 Å². The number of hydrogen-bond acceptors (Lipinski definition) is 4. The summed E-state index contributed by atoms with van der Waals surface area (Å²) in [6.45, 7) is 0.425. The van der Waals surface area contributed by atoms with Crippen LogP contribution in [0, 0.1) is 0 Å². The average Bonchev–Trinajstić information content (AvgIpc) is 2.90. The number of hydrogen-bond donors (Lipinski definition) is 2. The van der Waals surface area contributed by atoms with Gasteiger partial charge in [0.15, 0.2) is 0 Å². The average molecular weight is 287 g/mol. The fourth-order valence-electron chi connectivity index (χ4n) is 1.45. The van der Waals surface area contributed by atoms with Crippen molar-refractivity contribution in [2.75, 3.05) is 5.32 Å². The van der Waals surface area contributed by atoms with Gasteiger partial charge in [-0.2, -0.15) is 8.78 Å². The number of rotatable bonds is 5. The van der Waals surface area contributed by atoms with E-state index in [0.717, 1.165) is 12.1 Å². The van der Waals surface area contributed by atoms with Crippen molar-refractivity contribution < 1.29 is 17.2 Å². The molecular formula is C11H11F2N3O2S. The summed E-state index contributed by atoms with van der Waals surface area (Å²) in [5.41, 5.74) is 0.615. The summed E-state index contributed by atoms with van der Waals surface area (Å²) in [5.74, 6) is -2.70. The standard InChI is InChI=1S/C11H11F2N3O2S/c12-11(13)19(17,18)9-3-1-8(2-4-9)16-7-10-14-5-6-15-10/h1-6,11,16H,7H2,(H,14,15). The maximum Gasteiger partial charge on any atom is 0.341 e. The quantitative estimate of drug-likeness (QED) is 0.882. The third-order valence-corrected chi connectivity index (χ3v) is 3.83. The van der Waals surface area contributed by atoms with Gasteiger partial charge in [0.05, 0.1) is 11.4 Å². The van der Waals surface area contributed by atoms with Crippen LogP contribution in [0.4, 0.5) is 14.5 Å². The van der Waals surface area contributed by atoms with E-state index in [0.29, 0.717) is 18.1 Å². The van der Waals surface area contributed by atoms with E-state index in [2.05, 4.69) is 15.3 Å². The monoisotopic (exact) mass is 287 g/mol. The van der Waals surface area contributed by atoms with E-state index < -0.39 is 20.5 Å². The summed E-state index contributed by atoms with van der Waals surface area (Å²) in [5, 5.41) is 2.98. The first-order chi connectivity index (χ1) is 9.00. The van der Waals surface area contributed by atoms with Crippen molar-refractivity contribution in [3.63, 3.8) is 0 Å². The highest BCUT2D eigenvalue weighted by molar-refractivity contribution is 7.91. The van der Waals surface area contributed by atoms with E-state index in [4.69, 9.17) is 0 Å². The highest BCUT2D eigenvalue weighted by atomic mass is 32.2. The largest absolute Gasteiger partial charge is 0.378 e. The molecule has 0 aliphatic heterocycles. The lowest BCUT2D eigenvalue weighted by Gasteiger charge is -2.06. The first-order valence-electron chi connectivity index (χ1n) is 5.34. The highest BCUT2D eigenvalue weighted by Gasteiger charge is 2.26. The zero-order chi connectivity index (χ0) is 13.9. The Morgan fingerprint density at radius 2 is 1.95 bits per heavy atom. The number of nitrogens with zero attached hydrogens (tertiary/aromatic N) is 1. The third-order valence-electron chi connectivity index (χ3n) is 2.43. The van der Waals surface area contributed by atoms with Gasteiger partial charge in [0, 0.05) is 18.1 Å². The summed E-state index contributed by atoms with van der Waals surface area (Å²) in [6, 6.07) is 5.15. The molecule has 0 aliphatic carbocycles. The lowest BCUT2D eigenvalue weighted by molar-refractivity contribution is 0.234. The van der Waals surface area contributed by atoms with Gasteiger partial charge in [-0.3, -0.25) is 0 Å². The van der Waals surface area contributed by atoms with Crippen LogP contribution in [0.25, 0.3) is 0 Å². The Hall–Kier alpha value is -1.96. The maximum atomic E-state index is 12.3. The molecule has 5 nitrogen and oxygen atoms in total. The molecule has 0 bridgehead atoms. The third kappa shape index (κ3) is 3.08. The van der Waals surface area contributed by atoms with Crippen LogP contribution in [0.1, 0.15) is 5.82 Å². The van der Waals surface area contributed by atoms with Crippen LogP contribution in [0.2, 0.25) is 0 Å². The second-order valence-electron chi connectivity index (χ2n) is 3.72. The molecule has 0 amide bonds. The molecule has 0 aliphatic rings. The van der Waals surface area contributed by atoms with Crippen molar-refractivity contribution >= 4 is 15.5 Å². The normalized spacial score (nSPS) is 11.7. The minimum atomic E-state index is -4.53. The molecule has 1 aromatic heterocycles. The topological polar surface area (TPSA) is 74.8 Å². The lowest BCUT2D eigenvalue weighted by Crippen LogP contribution is -2.11. The van der Waals surface area contributed by atoms with Gasteiger partial charge in [-0.1, -0.05) is 0 Å². The predicted molar refractivity (Wildman–Crippen MR) is 65.5 cm³/mol. The van der Waals surface area contributed by atoms with E-state index in [-0.39, 0.29) is 0 Å². The first-order valence-corrected chi connectivity index (χ1v) is 6.89. The number of aromatic amines is 1. The second kappa shape index (κ2) is 5.35. The van der Waals surface area contributed by atoms with E-state index in [1.54, 1.807) is 12.4 Å². The van der Waals surface area contributed by atoms with Gasteiger partial charge >= 0.3 is 5.76 Å². The van der Waals surface area contributed by atoms with Gasteiger partial charge in [-0.25, -0.2) is 13.4 Å². The molecule has 19 heavy (non-hydrogen) atoms. The Bertz CT molecular complexity index is 624. The number of benzene rings is 1. The fourth-order valence-corrected chi connectivity index (χ4v) is 2.17. The van der Waals surface area contributed by atoms with Crippen LogP contribution in [0.5, 0.6) is 0 Å². The molecule has 0 saturated heterocycles. The van der Waals surface area contributed by atoms with E-state index in [9.17, 15) is 17.2 Å². The lowest BCUT2D eigenvalue weighted by atomic mass is 10.3. The molecule has 0 spiro atoms. The van der Waals surface area contributed by atoms with Crippen LogP contribution in [-0.2, 0) is 16.4 Å². The van der Waals surface area contributed by atoms with Gasteiger partial charge in [0.1, 0.15) is 5.82 Å². The first kappa shape index (κ1) is 13.5. The molecule has 0 atom stereocenters. The minimum absolute atomic E-state index is 0.397. The predicted octanol–water partition coefficient (Wildman–Crippen LogP) is 2.02. The molecule has 0 saturated carbocycles. The van der Waals surface area contributed by atoms with Gasteiger partial charge in [-0.05, 0) is 24.3 Å². The molecular weight excluding hydrogens is 276 g/mol. The van der Waals surface area contributed by atoms with Gasteiger partial charge in [-0.15, -0.1) is 0 Å². The van der Waals surface area contributed by atoms with E-state index in [1.807, 2.05) is 0 Å². The maximum absolute atomic E-state index is 12.3. The molecule has 1 heterocycles. The molecule has 0 radical (unpaired) electrons. The van der Waals surface area contributed by atoms with Crippen molar-refractivity contribution in [2.24, 2.45) is 0 Å².